The quantitative estimate of drug-likeness (QED) is 0.784. The highest BCUT2D eigenvalue weighted by atomic mass is 32.1. The maximum Gasteiger partial charge on any atom is 0.127 e. The van der Waals surface area contributed by atoms with Crippen molar-refractivity contribution in [3.05, 3.63) is 30.3 Å². The number of benzene rings is 2. The lowest BCUT2D eigenvalue weighted by molar-refractivity contribution is 0.414. The summed E-state index contributed by atoms with van der Waals surface area (Å²) in [7, 11) is 3.31. The van der Waals surface area contributed by atoms with Crippen LogP contribution in [0.25, 0.3) is 10.8 Å². The molecule has 0 aromatic heterocycles. The molecule has 0 aliphatic carbocycles. The van der Waals surface area contributed by atoms with Crippen LogP contribution < -0.4 is 9.47 Å². The molecule has 15 heavy (non-hydrogen) atoms. The largest absolute Gasteiger partial charge is 0.496 e. The minimum Gasteiger partial charge on any atom is -0.496 e. The van der Waals surface area contributed by atoms with Crippen LogP contribution in [0.4, 0.5) is 0 Å². The van der Waals surface area contributed by atoms with E-state index < -0.39 is 0 Å². The molecule has 0 radical (unpaired) electrons. The zero-order valence-electron chi connectivity index (χ0n) is 8.65. The highest BCUT2D eigenvalue weighted by molar-refractivity contribution is 7.80. The van der Waals surface area contributed by atoms with Crippen LogP contribution >= 0.6 is 12.6 Å². The number of thiol groups is 1. The van der Waals surface area contributed by atoms with E-state index in [9.17, 15) is 0 Å². The van der Waals surface area contributed by atoms with Gasteiger partial charge in [0.1, 0.15) is 11.5 Å². The molecular formula is C12H12O2S. The van der Waals surface area contributed by atoms with Gasteiger partial charge in [-0.2, -0.15) is 0 Å². The fourth-order valence-corrected chi connectivity index (χ4v) is 1.98. The Hall–Kier alpha value is -1.35. The second-order valence-corrected chi connectivity index (χ2v) is 3.65. The highest BCUT2D eigenvalue weighted by Crippen LogP contribution is 2.36. The maximum atomic E-state index is 5.30. The molecule has 2 aromatic rings. The van der Waals surface area contributed by atoms with Gasteiger partial charge < -0.3 is 9.47 Å². The van der Waals surface area contributed by atoms with Crippen LogP contribution in [-0.2, 0) is 0 Å². The van der Waals surface area contributed by atoms with Crippen LogP contribution in [0, 0.1) is 0 Å². The second kappa shape index (κ2) is 4.03. The van der Waals surface area contributed by atoms with Gasteiger partial charge in [-0.05, 0) is 18.2 Å². The normalized spacial score (nSPS) is 10.3. The fourth-order valence-electron chi connectivity index (χ4n) is 1.68. The van der Waals surface area contributed by atoms with E-state index in [1.54, 1.807) is 14.2 Å². The van der Waals surface area contributed by atoms with Crippen LogP contribution in [-0.4, -0.2) is 14.2 Å². The number of hydrogen-bond donors (Lipinski definition) is 1. The Morgan fingerprint density at radius 2 is 1.67 bits per heavy atom. The summed E-state index contributed by atoms with van der Waals surface area (Å²) in [6, 6.07) is 9.67. The number of hydrogen-bond acceptors (Lipinski definition) is 3. The van der Waals surface area contributed by atoms with Crippen molar-refractivity contribution >= 4 is 23.4 Å². The van der Waals surface area contributed by atoms with Gasteiger partial charge >= 0.3 is 0 Å². The lowest BCUT2D eigenvalue weighted by Crippen LogP contribution is -1.89. The number of rotatable bonds is 2. The van der Waals surface area contributed by atoms with Crippen molar-refractivity contribution < 1.29 is 9.47 Å². The first-order valence-electron chi connectivity index (χ1n) is 4.60. The van der Waals surface area contributed by atoms with Gasteiger partial charge in [-0.1, -0.05) is 12.1 Å². The van der Waals surface area contributed by atoms with Crippen LogP contribution in [0.5, 0.6) is 11.5 Å². The molecule has 0 saturated heterocycles. The minimum absolute atomic E-state index is 0.816. The predicted molar refractivity (Wildman–Crippen MR) is 64.3 cm³/mol. The van der Waals surface area contributed by atoms with Crippen LogP contribution in [0.2, 0.25) is 0 Å². The van der Waals surface area contributed by atoms with Gasteiger partial charge in [0.25, 0.3) is 0 Å². The van der Waals surface area contributed by atoms with E-state index in [-0.39, 0.29) is 0 Å². The zero-order valence-corrected chi connectivity index (χ0v) is 9.54. The van der Waals surface area contributed by atoms with Gasteiger partial charge in [-0.15, -0.1) is 12.6 Å². The number of methoxy groups -OCH3 is 2. The zero-order chi connectivity index (χ0) is 10.8. The predicted octanol–water partition coefficient (Wildman–Crippen LogP) is 3.15. The fraction of sp³-hybridized carbons (Fsp3) is 0.167. The molecule has 0 amide bonds. The molecule has 0 heterocycles. The van der Waals surface area contributed by atoms with Crippen molar-refractivity contribution in [1.82, 2.24) is 0 Å². The van der Waals surface area contributed by atoms with Gasteiger partial charge in [0.2, 0.25) is 0 Å². The van der Waals surface area contributed by atoms with E-state index in [1.165, 1.54) is 0 Å². The molecule has 0 unspecified atom stereocenters. The first-order valence-corrected chi connectivity index (χ1v) is 5.05. The lowest BCUT2D eigenvalue weighted by Gasteiger charge is -2.10. The van der Waals surface area contributed by atoms with Crippen LogP contribution in [0.15, 0.2) is 35.2 Å². The average molecular weight is 220 g/mol. The Labute approximate surface area is 94.2 Å². The molecule has 0 aliphatic heterocycles. The van der Waals surface area contributed by atoms with Gasteiger partial charge in [-0.3, -0.25) is 0 Å². The molecule has 3 heteroatoms. The van der Waals surface area contributed by atoms with Crippen molar-refractivity contribution in [3.63, 3.8) is 0 Å². The third-order valence-electron chi connectivity index (χ3n) is 2.38. The van der Waals surface area contributed by atoms with Crippen LogP contribution in [0.1, 0.15) is 0 Å². The highest BCUT2D eigenvalue weighted by Gasteiger charge is 2.08. The molecule has 2 rings (SSSR count). The third kappa shape index (κ3) is 1.63. The Kier molecular flexibility index (Phi) is 2.73. The molecule has 0 spiro atoms. The monoisotopic (exact) mass is 220 g/mol. The van der Waals surface area contributed by atoms with Crippen LogP contribution in [0.3, 0.4) is 0 Å². The van der Waals surface area contributed by atoms with Crippen molar-refractivity contribution in [2.75, 3.05) is 14.2 Å². The van der Waals surface area contributed by atoms with E-state index >= 15 is 0 Å². The summed E-state index contributed by atoms with van der Waals surface area (Å²) in [6.07, 6.45) is 0. The first kappa shape index (κ1) is 10.2. The Bertz CT molecular complexity index is 494. The smallest absolute Gasteiger partial charge is 0.127 e. The standard InChI is InChI=1S/C12H12O2S/c1-13-9-6-7-11(15)12-8(9)4-3-5-10(12)14-2/h3-7,15H,1-2H3. The third-order valence-corrected chi connectivity index (χ3v) is 2.75. The molecule has 2 aromatic carbocycles. The molecule has 0 fully saturated rings. The summed E-state index contributed by atoms with van der Waals surface area (Å²) >= 11 is 4.42. The molecule has 0 atom stereocenters. The Morgan fingerprint density at radius 3 is 2.33 bits per heavy atom. The SMILES string of the molecule is COc1ccc(S)c2c(OC)cccc12. The molecule has 78 valence electrons. The first-order chi connectivity index (χ1) is 7.27. The molecule has 0 saturated carbocycles. The average Bonchev–Trinajstić information content (AvgIpc) is 2.29. The van der Waals surface area contributed by atoms with E-state index in [0.717, 1.165) is 27.2 Å². The molecule has 0 bridgehead atoms. The number of ether oxygens (including phenoxy) is 2. The summed E-state index contributed by atoms with van der Waals surface area (Å²) in [5.74, 6) is 1.65. The molecule has 0 N–H and O–H groups in total. The van der Waals surface area contributed by atoms with Gasteiger partial charge in [0.15, 0.2) is 0 Å². The van der Waals surface area contributed by atoms with E-state index in [1.807, 2.05) is 30.3 Å². The molecular weight excluding hydrogens is 208 g/mol. The lowest BCUT2D eigenvalue weighted by atomic mass is 10.1. The van der Waals surface area contributed by atoms with Gasteiger partial charge in [0, 0.05) is 15.7 Å². The number of fused-ring (bicyclic) bond motifs is 1. The second-order valence-electron chi connectivity index (χ2n) is 3.17. The molecule has 2 nitrogen and oxygen atoms in total. The Morgan fingerprint density at radius 1 is 0.933 bits per heavy atom. The summed E-state index contributed by atoms with van der Waals surface area (Å²) in [4.78, 5) is 0.892. The van der Waals surface area contributed by atoms with Gasteiger partial charge in [-0.25, -0.2) is 0 Å². The maximum absolute atomic E-state index is 5.30. The molecule has 0 aliphatic rings. The van der Waals surface area contributed by atoms with Crippen molar-refractivity contribution in [2.24, 2.45) is 0 Å². The van der Waals surface area contributed by atoms with E-state index in [4.69, 9.17) is 9.47 Å². The van der Waals surface area contributed by atoms with Crippen molar-refractivity contribution in [1.29, 1.82) is 0 Å². The topological polar surface area (TPSA) is 18.5 Å². The summed E-state index contributed by atoms with van der Waals surface area (Å²) in [6.45, 7) is 0. The van der Waals surface area contributed by atoms with E-state index in [2.05, 4.69) is 12.6 Å². The van der Waals surface area contributed by atoms with Crippen molar-refractivity contribution in [2.45, 2.75) is 4.90 Å². The summed E-state index contributed by atoms with van der Waals surface area (Å²) in [5.41, 5.74) is 0. The minimum atomic E-state index is 0.816. The summed E-state index contributed by atoms with van der Waals surface area (Å²) in [5, 5.41) is 2.01. The van der Waals surface area contributed by atoms with Crippen molar-refractivity contribution in [3.8, 4) is 11.5 Å². The van der Waals surface area contributed by atoms with Gasteiger partial charge in [0.05, 0.1) is 14.2 Å². The summed E-state index contributed by atoms with van der Waals surface area (Å²) < 4.78 is 10.6. The van der Waals surface area contributed by atoms with E-state index in [0.29, 0.717) is 0 Å². The Balaban J connectivity index is 2.86.